The minimum absolute atomic E-state index is 0.279. The molecule has 0 fully saturated rings. The maximum absolute atomic E-state index is 12.2. The Morgan fingerprint density at radius 2 is 1.63 bits per heavy atom. The highest BCUT2D eigenvalue weighted by atomic mass is 16.5. The average molecular weight is 370 g/mol. The number of amides is 2. The number of methoxy groups -OCH3 is 2. The maximum Gasteiger partial charge on any atom is 0.328 e. The van der Waals surface area contributed by atoms with Crippen LogP contribution in [0.4, 0.5) is 0 Å². The van der Waals surface area contributed by atoms with Gasteiger partial charge in [0.2, 0.25) is 5.91 Å². The van der Waals surface area contributed by atoms with E-state index in [1.165, 1.54) is 14.2 Å². The van der Waals surface area contributed by atoms with Crippen LogP contribution >= 0.6 is 0 Å². The number of ether oxygens (including phenoxy) is 2. The fraction of sp³-hybridized carbons (Fsp3) is 0.250. The van der Waals surface area contributed by atoms with E-state index in [1.807, 2.05) is 30.3 Å². The third-order valence-electron chi connectivity index (χ3n) is 3.86. The summed E-state index contributed by atoms with van der Waals surface area (Å²) in [7, 11) is 2.72. The normalized spacial score (nSPS) is 11.2. The topological polar surface area (TPSA) is 93.7 Å². The first-order valence-corrected chi connectivity index (χ1v) is 8.37. The van der Waals surface area contributed by atoms with Crippen LogP contribution in [0.25, 0.3) is 0 Å². The highest BCUT2D eigenvalue weighted by Gasteiger charge is 2.22. The Balaban J connectivity index is 1.95. The summed E-state index contributed by atoms with van der Waals surface area (Å²) in [5.74, 6) is -1.08. The summed E-state index contributed by atoms with van der Waals surface area (Å²) in [6, 6.07) is 15.1. The van der Waals surface area contributed by atoms with E-state index in [0.29, 0.717) is 17.7 Å². The van der Waals surface area contributed by atoms with Crippen LogP contribution in [0.5, 0.6) is 5.75 Å². The quantitative estimate of drug-likeness (QED) is 0.684. The van der Waals surface area contributed by atoms with Crippen molar-refractivity contribution in [2.75, 3.05) is 20.8 Å². The Labute approximate surface area is 157 Å². The van der Waals surface area contributed by atoms with Crippen molar-refractivity contribution in [2.45, 2.75) is 12.5 Å². The van der Waals surface area contributed by atoms with Gasteiger partial charge in [0.15, 0.2) is 0 Å². The van der Waals surface area contributed by atoms with Gasteiger partial charge >= 0.3 is 5.97 Å². The van der Waals surface area contributed by atoms with E-state index in [0.717, 1.165) is 5.56 Å². The fourth-order valence-electron chi connectivity index (χ4n) is 2.52. The van der Waals surface area contributed by atoms with Gasteiger partial charge in [0.05, 0.1) is 26.3 Å². The fourth-order valence-corrected chi connectivity index (χ4v) is 2.52. The first-order valence-electron chi connectivity index (χ1n) is 8.37. The molecule has 2 rings (SSSR count). The Hall–Kier alpha value is -3.35. The molecule has 7 nitrogen and oxygen atoms in total. The molecule has 0 radical (unpaired) electrons. The van der Waals surface area contributed by atoms with Crippen molar-refractivity contribution < 1.29 is 23.9 Å². The number of esters is 1. The Morgan fingerprint density at radius 1 is 0.963 bits per heavy atom. The third-order valence-corrected chi connectivity index (χ3v) is 3.86. The first-order chi connectivity index (χ1) is 13.0. The zero-order valence-electron chi connectivity index (χ0n) is 15.2. The maximum atomic E-state index is 12.2. The van der Waals surface area contributed by atoms with Crippen molar-refractivity contribution in [1.82, 2.24) is 10.6 Å². The molecule has 0 aromatic heterocycles. The van der Waals surface area contributed by atoms with E-state index < -0.39 is 23.8 Å². The number of carbonyl (C=O) groups is 3. The summed E-state index contributed by atoms with van der Waals surface area (Å²) < 4.78 is 9.88. The molecule has 0 aliphatic rings. The van der Waals surface area contributed by atoms with Gasteiger partial charge < -0.3 is 20.1 Å². The molecule has 2 amide bonds. The SMILES string of the molecule is COC(=O)[C@H](Cc1ccccc1)NC(=O)CNC(=O)c1ccccc1OC. The van der Waals surface area contributed by atoms with Crippen LogP contribution in [0.2, 0.25) is 0 Å². The van der Waals surface area contributed by atoms with Gasteiger partial charge in [-0.3, -0.25) is 9.59 Å². The molecular formula is C20H22N2O5. The van der Waals surface area contributed by atoms with Gasteiger partial charge in [0.1, 0.15) is 11.8 Å². The Kier molecular flexibility index (Phi) is 7.37. The number of rotatable bonds is 8. The van der Waals surface area contributed by atoms with Gasteiger partial charge in [0, 0.05) is 6.42 Å². The molecule has 1 atom stereocenters. The molecule has 0 saturated heterocycles. The zero-order valence-corrected chi connectivity index (χ0v) is 15.2. The molecule has 27 heavy (non-hydrogen) atoms. The molecule has 0 spiro atoms. The number of carbonyl (C=O) groups excluding carboxylic acids is 3. The van der Waals surface area contributed by atoms with Crippen LogP contribution in [-0.4, -0.2) is 44.6 Å². The molecule has 0 heterocycles. The number of benzene rings is 2. The number of para-hydroxylation sites is 1. The molecule has 0 bridgehead atoms. The van der Waals surface area contributed by atoms with Crippen molar-refractivity contribution in [3.63, 3.8) is 0 Å². The molecule has 2 N–H and O–H groups in total. The number of hydrogen-bond acceptors (Lipinski definition) is 5. The largest absolute Gasteiger partial charge is 0.496 e. The van der Waals surface area contributed by atoms with Gasteiger partial charge in [-0.15, -0.1) is 0 Å². The van der Waals surface area contributed by atoms with Gasteiger partial charge in [0.25, 0.3) is 5.91 Å². The van der Waals surface area contributed by atoms with Gasteiger partial charge in [-0.25, -0.2) is 4.79 Å². The van der Waals surface area contributed by atoms with E-state index in [4.69, 9.17) is 9.47 Å². The molecule has 7 heteroatoms. The minimum Gasteiger partial charge on any atom is -0.496 e. The summed E-state index contributed by atoms with van der Waals surface area (Å²) in [5, 5.41) is 5.11. The highest BCUT2D eigenvalue weighted by molar-refractivity contribution is 5.99. The van der Waals surface area contributed by atoms with E-state index in [2.05, 4.69) is 10.6 Å². The summed E-state index contributed by atoms with van der Waals surface area (Å²) in [5.41, 5.74) is 1.20. The summed E-state index contributed by atoms with van der Waals surface area (Å²) in [6.45, 7) is -0.279. The highest BCUT2D eigenvalue weighted by Crippen LogP contribution is 2.16. The predicted molar refractivity (Wildman–Crippen MR) is 99.4 cm³/mol. The van der Waals surface area contributed by atoms with Gasteiger partial charge in [-0.1, -0.05) is 42.5 Å². The van der Waals surface area contributed by atoms with Crippen LogP contribution in [0.15, 0.2) is 54.6 Å². The summed E-state index contributed by atoms with van der Waals surface area (Å²) in [6.07, 6.45) is 0.291. The molecule has 0 saturated carbocycles. The van der Waals surface area contributed by atoms with Crippen LogP contribution in [0.3, 0.4) is 0 Å². The first kappa shape index (κ1) is 20.0. The van der Waals surface area contributed by atoms with E-state index in [1.54, 1.807) is 24.3 Å². The molecule has 0 aliphatic carbocycles. The van der Waals surface area contributed by atoms with Crippen molar-refractivity contribution >= 4 is 17.8 Å². The van der Waals surface area contributed by atoms with E-state index in [9.17, 15) is 14.4 Å². The van der Waals surface area contributed by atoms with Crippen molar-refractivity contribution in [2.24, 2.45) is 0 Å². The molecule has 2 aromatic carbocycles. The minimum atomic E-state index is -0.840. The number of nitrogens with one attached hydrogen (secondary N) is 2. The number of hydrogen-bond donors (Lipinski definition) is 2. The van der Waals surface area contributed by atoms with Crippen LogP contribution in [0.1, 0.15) is 15.9 Å². The van der Waals surface area contributed by atoms with Crippen molar-refractivity contribution in [3.8, 4) is 5.75 Å². The smallest absolute Gasteiger partial charge is 0.328 e. The molecular weight excluding hydrogens is 348 g/mol. The lowest BCUT2D eigenvalue weighted by Gasteiger charge is -2.17. The average Bonchev–Trinajstić information content (AvgIpc) is 2.71. The van der Waals surface area contributed by atoms with Gasteiger partial charge in [-0.05, 0) is 17.7 Å². The van der Waals surface area contributed by atoms with Crippen molar-refractivity contribution in [1.29, 1.82) is 0 Å². The second-order valence-corrected chi connectivity index (χ2v) is 5.72. The standard InChI is InChI=1S/C20H22N2O5/c1-26-17-11-7-6-10-15(17)19(24)21-13-18(23)22-16(20(25)27-2)12-14-8-4-3-5-9-14/h3-11,16H,12-13H2,1-2H3,(H,21,24)(H,22,23)/t16-/m0/s1. The lowest BCUT2D eigenvalue weighted by atomic mass is 10.1. The molecule has 0 unspecified atom stereocenters. The predicted octanol–water partition coefficient (Wildman–Crippen LogP) is 1.33. The lowest BCUT2D eigenvalue weighted by Crippen LogP contribution is -2.47. The van der Waals surface area contributed by atoms with Crippen molar-refractivity contribution in [3.05, 3.63) is 65.7 Å². The van der Waals surface area contributed by atoms with Gasteiger partial charge in [-0.2, -0.15) is 0 Å². The zero-order chi connectivity index (χ0) is 19.6. The second kappa shape index (κ2) is 9.96. The third kappa shape index (κ3) is 5.85. The summed E-state index contributed by atoms with van der Waals surface area (Å²) in [4.78, 5) is 36.4. The molecule has 142 valence electrons. The Morgan fingerprint density at radius 3 is 2.30 bits per heavy atom. The van der Waals surface area contributed by atoms with E-state index in [-0.39, 0.29) is 6.54 Å². The molecule has 2 aromatic rings. The Bertz CT molecular complexity index is 792. The lowest BCUT2D eigenvalue weighted by molar-refractivity contribution is -0.144. The monoisotopic (exact) mass is 370 g/mol. The van der Waals surface area contributed by atoms with E-state index >= 15 is 0 Å². The van der Waals surface area contributed by atoms with Crippen LogP contribution in [0, 0.1) is 0 Å². The summed E-state index contributed by atoms with van der Waals surface area (Å²) >= 11 is 0. The van der Waals surface area contributed by atoms with Crippen LogP contribution < -0.4 is 15.4 Å². The second-order valence-electron chi connectivity index (χ2n) is 5.72. The molecule has 0 aliphatic heterocycles. The van der Waals surface area contributed by atoms with Crippen LogP contribution in [-0.2, 0) is 20.7 Å².